The summed E-state index contributed by atoms with van der Waals surface area (Å²) in [7, 11) is 0. The van der Waals surface area contributed by atoms with Crippen LogP contribution in [-0.2, 0) is 4.74 Å². The number of unbranched alkanes of at least 4 members (excludes halogenated alkanes) is 1. The lowest BCUT2D eigenvalue weighted by Gasteiger charge is -2.14. The van der Waals surface area contributed by atoms with Crippen molar-refractivity contribution in [1.29, 1.82) is 0 Å². The van der Waals surface area contributed by atoms with Gasteiger partial charge in [0.25, 0.3) is 0 Å². The molecule has 2 heteroatoms. The van der Waals surface area contributed by atoms with E-state index in [2.05, 4.69) is 13.8 Å². The molecule has 0 saturated carbocycles. The lowest BCUT2D eigenvalue weighted by atomic mass is 10.1. The van der Waals surface area contributed by atoms with Crippen molar-refractivity contribution in [3.8, 4) is 0 Å². The Kier molecular flexibility index (Phi) is 7.96. The van der Waals surface area contributed by atoms with E-state index < -0.39 is 0 Å². The quantitative estimate of drug-likeness (QED) is 0.617. The standard InChI is InChI=1S/C9H20O2/c1-3-5-6-9(4-2)11-8-7-10/h9-10H,3-8H2,1-2H3. The van der Waals surface area contributed by atoms with E-state index >= 15 is 0 Å². The summed E-state index contributed by atoms with van der Waals surface area (Å²) in [5.41, 5.74) is 0. The second-order valence-electron chi connectivity index (χ2n) is 2.77. The van der Waals surface area contributed by atoms with Gasteiger partial charge >= 0.3 is 0 Å². The van der Waals surface area contributed by atoms with Crippen LogP contribution in [0.4, 0.5) is 0 Å². The molecule has 0 bridgehead atoms. The molecule has 0 fully saturated rings. The van der Waals surface area contributed by atoms with Gasteiger partial charge in [-0.1, -0.05) is 26.7 Å². The third-order valence-electron chi connectivity index (χ3n) is 1.78. The maximum absolute atomic E-state index is 8.51. The summed E-state index contributed by atoms with van der Waals surface area (Å²) in [6, 6.07) is 0. The van der Waals surface area contributed by atoms with Crippen LogP contribution >= 0.6 is 0 Å². The first kappa shape index (κ1) is 10.9. The zero-order valence-electron chi connectivity index (χ0n) is 7.68. The molecule has 0 aliphatic carbocycles. The molecule has 0 aromatic carbocycles. The molecular formula is C9H20O2. The minimum atomic E-state index is 0.141. The van der Waals surface area contributed by atoms with Gasteiger partial charge in [-0.15, -0.1) is 0 Å². The molecule has 68 valence electrons. The first-order chi connectivity index (χ1) is 5.35. The van der Waals surface area contributed by atoms with Gasteiger partial charge in [0.15, 0.2) is 0 Å². The maximum atomic E-state index is 8.51. The van der Waals surface area contributed by atoms with Crippen LogP contribution in [0.1, 0.15) is 39.5 Å². The molecule has 0 amide bonds. The minimum Gasteiger partial charge on any atom is -0.394 e. The Morgan fingerprint density at radius 1 is 1.36 bits per heavy atom. The first-order valence-electron chi connectivity index (χ1n) is 4.57. The van der Waals surface area contributed by atoms with Gasteiger partial charge in [-0.3, -0.25) is 0 Å². The van der Waals surface area contributed by atoms with Gasteiger partial charge in [-0.05, 0) is 12.8 Å². The van der Waals surface area contributed by atoms with Crippen LogP contribution < -0.4 is 0 Å². The van der Waals surface area contributed by atoms with E-state index in [-0.39, 0.29) is 6.61 Å². The fourth-order valence-electron chi connectivity index (χ4n) is 1.06. The second kappa shape index (κ2) is 8.02. The van der Waals surface area contributed by atoms with Gasteiger partial charge in [-0.2, -0.15) is 0 Å². The van der Waals surface area contributed by atoms with E-state index in [0.717, 1.165) is 12.8 Å². The largest absolute Gasteiger partial charge is 0.394 e. The number of aliphatic hydroxyl groups is 1. The van der Waals surface area contributed by atoms with E-state index in [0.29, 0.717) is 12.7 Å². The average Bonchev–Trinajstić information content (AvgIpc) is 2.05. The zero-order chi connectivity index (χ0) is 8.53. The van der Waals surface area contributed by atoms with Crippen molar-refractivity contribution >= 4 is 0 Å². The summed E-state index contributed by atoms with van der Waals surface area (Å²) < 4.78 is 5.39. The number of hydrogen-bond acceptors (Lipinski definition) is 2. The van der Waals surface area contributed by atoms with Crippen LogP contribution in [0.3, 0.4) is 0 Å². The molecule has 1 atom stereocenters. The maximum Gasteiger partial charge on any atom is 0.0701 e. The Hall–Kier alpha value is -0.0800. The average molecular weight is 160 g/mol. The smallest absolute Gasteiger partial charge is 0.0701 e. The summed E-state index contributed by atoms with van der Waals surface area (Å²) in [5.74, 6) is 0. The van der Waals surface area contributed by atoms with Gasteiger partial charge in [0.1, 0.15) is 0 Å². The lowest BCUT2D eigenvalue weighted by Crippen LogP contribution is -2.14. The Labute approximate surface area is 69.6 Å². The van der Waals surface area contributed by atoms with E-state index in [1.165, 1.54) is 12.8 Å². The Bertz CT molecular complexity index is 66.0. The Morgan fingerprint density at radius 3 is 2.55 bits per heavy atom. The highest BCUT2D eigenvalue weighted by atomic mass is 16.5. The van der Waals surface area contributed by atoms with Crippen molar-refractivity contribution in [2.24, 2.45) is 0 Å². The molecule has 0 heterocycles. The molecule has 0 aromatic heterocycles. The highest BCUT2D eigenvalue weighted by molar-refractivity contribution is 4.54. The highest BCUT2D eigenvalue weighted by Gasteiger charge is 2.03. The third-order valence-corrected chi connectivity index (χ3v) is 1.78. The van der Waals surface area contributed by atoms with Crippen LogP contribution in [0.2, 0.25) is 0 Å². The summed E-state index contributed by atoms with van der Waals surface area (Å²) in [6.45, 7) is 4.93. The summed E-state index contributed by atoms with van der Waals surface area (Å²) in [4.78, 5) is 0. The SMILES string of the molecule is CCCCC(CC)OCCO. The first-order valence-corrected chi connectivity index (χ1v) is 4.57. The van der Waals surface area contributed by atoms with E-state index in [1.807, 2.05) is 0 Å². The predicted molar refractivity (Wildman–Crippen MR) is 46.6 cm³/mol. The number of aliphatic hydroxyl groups excluding tert-OH is 1. The summed E-state index contributed by atoms with van der Waals surface area (Å²) in [6.07, 6.45) is 5.00. The predicted octanol–water partition coefficient (Wildman–Crippen LogP) is 1.96. The monoisotopic (exact) mass is 160 g/mol. The van der Waals surface area contributed by atoms with Gasteiger partial charge in [0.05, 0.1) is 19.3 Å². The van der Waals surface area contributed by atoms with Gasteiger partial charge < -0.3 is 9.84 Å². The summed E-state index contributed by atoms with van der Waals surface area (Å²) in [5, 5.41) is 8.51. The molecule has 0 rings (SSSR count). The van der Waals surface area contributed by atoms with Crippen molar-refractivity contribution in [3.05, 3.63) is 0 Å². The van der Waals surface area contributed by atoms with E-state index in [9.17, 15) is 0 Å². The molecule has 0 radical (unpaired) electrons. The fraction of sp³-hybridized carbons (Fsp3) is 1.00. The van der Waals surface area contributed by atoms with Crippen molar-refractivity contribution in [2.75, 3.05) is 13.2 Å². The van der Waals surface area contributed by atoms with Gasteiger partial charge in [-0.25, -0.2) is 0 Å². The lowest BCUT2D eigenvalue weighted by molar-refractivity contribution is 0.0210. The fourth-order valence-corrected chi connectivity index (χ4v) is 1.06. The second-order valence-corrected chi connectivity index (χ2v) is 2.77. The van der Waals surface area contributed by atoms with Crippen molar-refractivity contribution in [2.45, 2.75) is 45.6 Å². The number of ether oxygens (including phenoxy) is 1. The molecule has 1 N–H and O–H groups in total. The molecule has 0 aromatic rings. The van der Waals surface area contributed by atoms with E-state index in [4.69, 9.17) is 9.84 Å². The van der Waals surface area contributed by atoms with Gasteiger partial charge in [0.2, 0.25) is 0 Å². The van der Waals surface area contributed by atoms with Crippen LogP contribution in [-0.4, -0.2) is 24.4 Å². The Morgan fingerprint density at radius 2 is 2.09 bits per heavy atom. The topological polar surface area (TPSA) is 29.5 Å². The van der Waals surface area contributed by atoms with Crippen LogP contribution in [0, 0.1) is 0 Å². The van der Waals surface area contributed by atoms with Crippen LogP contribution in [0.15, 0.2) is 0 Å². The molecule has 0 spiro atoms. The summed E-state index contributed by atoms with van der Waals surface area (Å²) >= 11 is 0. The van der Waals surface area contributed by atoms with Crippen molar-refractivity contribution < 1.29 is 9.84 Å². The normalized spacial score (nSPS) is 13.4. The minimum absolute atomic E-state index is 0.141. The van der Waals surface area contributed by atoms with Crippen molar-refractivity contribution in [1.82, 2.24) is 0 Å². The number of rotatable bonds is 7. The molecule has 2 nitrogen and oxygen atoms in total. The highest BCUT2D eigenvalue weighted by Crippen LogP contribution is 2.07. The molecule has 1 unspecified atom stereocenters. The van der Waals surface area contributed by atoms with Crippen molar-refractivity contribution in [3.63, 3.8) is 0 Å². The molecule has 11 heavy (non-hydrogen) atoms. The molecular weight excluding hydrogens is 140 g/mol. The number of hydrogen-bond donors (Lipinski definition) is 1. The zero-order valence-corrected chi connectivity index (χ0v) is 7.68. The van der Waals surface area contributed by atoms with E-state index in [1.54, 1.807) is 0 Å². The van der Waals surface area contributed by atoms with Crippen LogP contribution in [0.5, 0.6) is 0 Å². The van der Waals surface area contributed by atoms with Gasteiger partial charge in [0, 0.05) is 0 Å². The molecule has 0 saturated heterocycles. The van der Waals surface area contributed by atoms with Crippen LogP contribution in [0.25, 0.3) is 0 Å². The third kappa shape index (κ3) is 6.32. The molecule has 0 aliphatic heterocycles. The Balaban J connectivity index is 3.25. The molecule has 0 aliphatic rings.